The van der Waals surface area contributed by atoms with Crippen LogP contribution >= 0.6 is 0 Å². The lowest BCUT2D eigenvalue weighted by atomic mass is 10.1. The quantitative estimate of drug-likeness (QED) is 0.709. The van der Waals surface area contributed by atoms with Gasteiger partial charge in [-0.3, -0.25) is 4.79 Å². The number of rotatable bonds is 3. The van der Waals surface area contributed by atoms with Crippen molar-refractivity contribution in [1.82, 2.24) is 9.88 Å². The predicted molar refractivity (Wildman–Crippen MR) is 56.0 cm³/mol. The van der Waals surface area contributed by atoms with Gasteiger partial charge < -0.3 is 9.32 Å². The minimum Gasteiger partial charge on any atom is -0.438 e. The largest absolute Gasteiger partial charge is 0.438 e. The Labute approximate surface area is 89.3 Å². The molecule has 1 atom stereocenters. The second-order valence-electron chi connectivity index (χ2n) is 4.29. The topological polar surface area (TPSA) is 46.3 Å². The number of likely N-dealkylation sites (tertiary alicyclic amines) is 1. The minimum atomic E-state index is 0.327. The lowest BCUT2D eigenvalue weighted by molar-refractivity contribution is 0.109. The highest BCUT2D eigenvalue weighted by atomic mass is 16.4. The molecule has 1 saturated heterocycles. The molecule has 2 rings (SSSR count). The van der Waals surface area contributed by atoms with Gasteiger partial charge in [-0.2, -0.15) is 0 Å². The average Bonchev–Trinajstić information content (AvgIpc) is 2.86. The molecule has 0 saturated carbocycles. The molecule has 1 aromatic heterocycles. The van der Waals surface area contributed by atoms with Gasteiger partial charge in [0.2, 0.25) is 0 Å². The van der Waals surface area contributed by atoms with Crippen molar-refractivity contribution in [2.45, 2.75) is 32.2 Å². The van der Waals surface area contributed by atoms with Crippen molar-refractivity contribution < 1.29 is 9.21 Å². The fourth-order valence-electron chi connectivity index (χ4n) is 2.00. The Bertz CT molecular complexity index is 346. The predicted octanol–water partition coefficient (Wildman–Crippen LogP) is 1.68. The summed E-state index contributed by atoms with van der Waals surface area (Å²) in [4.78, 5) is 17.0. The van der Waals surface area contributed by atoms with Crippen LogP contribution in [0.5, 0.6) is 0 Å². The standard InChI is InChI=1S/C11H16N2O2/c1-8(2)13-4-3-9(6-13)11-12-5-10(7-14)15-11/h5,7-9H,3-4,6H2,1-2H3. The van der Waals surface area contributed by atoms with E-state index < -0.39 is 0 Å². The number of carbonyl (C=O) groups is 1. The summed E-state index contributed by atoms with van der Waals surface area (Å²) < 4.78 is 5.34. The summed E-state index contributed by atoms with van der Waals surface area (Å²) in [5.41, 5.74) is 0. The smallest absolute Gasteiger partial charge is 0.199 e. The van der Waals surface area contributed by atoms with E-state index in [0.29, 0.717) is 29.9 Å². The highest BCUT2D eigenvalue weighted by Crippen LogP contribution is 2.27. The van der Waals surface area contributed by atoms with Crippen LogP contribution in [0.2, 0.25) is 0 Å². The zero-order valence-electron chi connectivity index (χ0n) is 9.14. The van der Waals surface area contributed by atoms with Crippen LogP contribution in [0.4, 0.5) is 0 Å². The first-order valence-corrected chi connectivity index (χ1v) is 5.35. The van der Waals surface area contributed by atoms with Crippen LogP contribution in [-0.4, -0.2) is 35.3 Å². The average molecular weight is 208 g/mol. The summed E-state index contributed by atoms with van der Waals surface area (Å²) in [5.74, 6) is 1.38. The van der Waals surface area contributed by atoms with Gasteiger partial charge >= 0.3 is 0 Å². The Morgan fingerprint density at radius 1 is 1.67 bits per heavy atom. The Kier molecular flexibility index (Phi) is 2.86. The first-order valence-electron chi connectivity index (χ1n) is 5.35. The fourth-order valence-corrected chi connectivity index (χ4v) is 2.00. The van der Waals surface area contributed by atoms with Gasteiger partial charge in [-0.25, -0.2) is 4.98 Å². The van der Waals surface area contributed by atoms with Crippen LogP contribution in [0.3, 0.4) is 0 Å². The van der Waals surface area contributed by atoms with E-state index in [9.17, 15) is 4.79 Å². The summed E-state index contributed by atoms with van der Waals surface area (Å²) >= 11 is 0. The summed E-state index contributed by atoms with van der Waals surface area (Å²) in [6.07, 6.45) is 3.27. The van der Waals surface area contributed by atoms with Crippen LogP contribution in [0, 0.1) is 0 Å². The second kappa shape index (κ2) is 4.14. The first-order chi connectivity index (χ1) is 7.20. The molecule has 1 unspecified atom stereocenters. The fraction of sp³-hybridized carbons (Fsp3) is 0.636. The van der Waals surface area contributed by atoms with Crippen molar-refractivity contribution in [1.29, 1.82) is 0 Å². The summed E-state index contributed by atoms with van der Waals surface area (Å²) in [6.45, 7) is 6.45. The third-order valence-corrected chi connectivity index (χ3v) is 2.96. The van der Waals surface area contributed by atoms with E-state index in [1.54, 1.807) is 0 Å². The van der Waals surface area contributed by atoms with Gasteiger partial charge in [0.1, 0.15) is 0 Å². The van der Waals surface area contributed by atoms with Crippen molar-refractivity contribution in [2.75, 3.05) is 13.1 Å². The SMILES string of the molecule is CC(C)N1CCC(c2ncc(C=O)o2)C1. The Morgan fingerprint density at radius 3 is 3.00 bits per heavy atom. The van der Waals surface area contributed by atoms with Crippen molar-refractivity contribution in [3.63, 3.8) is 0 Å². The van der Waals surface area contributed by atoms with Gasteiger partial charge in [0, 0.05) is 18.5 Å². The van der Waals surface area contributed by atoms with E-state index in [4.69, 9.17) is 4.42 Å². The van der Waals surface area contributed by atoms with Crippen LogP contribution in [-0.2, 0) is 0 Å². The van der Waals surface area contributed by atoms with E-state index in [1.165, 1.54) is 6.20 Å². The van der Waals surface area contributed by atoms with Gasteiger partial charge in [-0.1, -0.05) is 0 Å². The van der Waals surface area contributed by atoms with Gasteiger partial charge in [0.05, 0.1) is 6.20 Å². The van der Waals surface area contributed by atoms with Crippen LogP contribution in [0.25, 0.3) is 0 Å². The van der Waals surface area contributed by atoms with Gasteiger partial charge in [0.25, 0.3) is 0 Å². The number of aromatic nitrogens is 1. The molecule has 0 aromatic carbocycles. The molecule has 0 radical (unpaired) electrons. The van der Waals surface area contributed by atoms with E-state index in [1.807, 2.05) is 0 Å². The molecule has 82 valence electrons. The molecule has 15 heavy (non-hydrogen) atoms. The molecule has 1 aliphatic heterocycles. The Hall–Kier alpha value is -1.16. The summed E-state index contributed by atoms with van der Waals surface area (Å²) in [5, 5.41) is 0. The van der Waals surface area contributed by atoms with E-state index in [-0.39, 0.29) is 0 Å². The zero-order valence-corrected chi connectivity index (χ0v) is 9.14. The van der Waals surface area contributed by atoms with E-state index >= 15 is 0 Å². The first kappa shape index (κ1) is 10.4. The molecule has 4 nitrogen and oxygen atoms in total. The van der Waals surface area contributed by atoms with Crippen LogP contribution in [0.15, 0.2) is 10.6 Å². The van der Waals surface area contributed by atoms with Gasteiger partial charge in [0.15, 0.2) is 17.9 Å². The molecule has 4 heteroatoms. The Balaban J connectivity index is 2.04. The van der Waals surface area contributed by atoms with Crippen molar-refractivity contribution >= 4 is 6.29 Å². The summed E-state index contributed by atoms with van der Waals surface area (Å²) in [7, 11) is 0. The van der Waals surface area contributed by atoms with E-state index in [2.05, 4.69) is 23.7 Å². The van der Waals surface area contributed by atoms with Crippen LogP contribution < -0.4 is 0 Å². The molecule has 0 aliphatic carbocycles. The maximum absolute atomic E-state index is 10.5. The molecule has 0 spiro atoms. The minimum absolute atomic E-state index is 0.327. The maximum Gasteiger partial charge on any atom is 0.199 e. The number of hydrogen-bond donors (Lipinski definition) is 0. The molecule has 0 N–H and O–H groups in total. The molecule has 1 fully saturated rings. The molecular formula is C11H16N2O2. The molecule has 1 aliphatic rings. The normalized spacial score (nSPS) is 22.5. The third kappa shape index (κ3) is 2.09. The van der Waals surface area contributed by atoms with Crippen molar-refractivity contribution in [3.8, 4) is 0 Å². The van der Waals surface area contributed by atoms with Crippen molar-refractivity contribution in [2.24, 2.45) is 0 Å². The lowest BCUT2D eigenvalue weighted by Crippen LogP contribution is -2.27. The van der Waals surface area contributed by atoms with Gasteiger partial charge in [-0.15, -0.1) is 0 Å². The second-order valence-corrected chi connectivity index (χ2v) is 4.29. The number of carbonyl (C=O) groups excluding carboxylic acids is 1. The Morgan fingerprint density at radius 2 is 2.47 bits per heavy atom. The molecule has 0 amide bonds. The molecule has 0 bridgehead atoms. The molecular weight excluding hydrogens is 192 g/mol. The number of nitrogens with zero attached hydrogens (tertiary/aromatic N) is 2. The number of aldehydes is 1. The van der Waals surface area contributed by atoms with Crippen LogP contribution in [0.1, 0.15) is 42.6 Å². The monoisotopic (exact) mass is 208 g/mol. The molecule has 2 heterocycles. The number of hydrogen-bond acceptors (Lipinski definition) is 4. The highest BCUT2D eigenvalue weighted by molar-refractivity contribution is 5.69. The number of oxazole rings is 1. The van der Waals surface area contributed by atoms with Crippen molar-refractivity contribution in [3.05, 3.63) is 17.8 Å². The third-order valence-electron chi connectivity index (χ3n) is 2.96. The zero-order chi connectivity index (χ0) is 10.8. The highest BCUT2D eigenvalue weighted by Gasteiger charge is 2.28. The summed E-state index contributed by atoms with van der Waals surface area (Å²) in [6, 6.07) is 0.565. The lowest BCUT2D eigenvalue weighted by Gasteiger charge is -2.19. The maximum atomic E-state index is 10.5. The van der Waals surface area contributed by atoms with E-state index in [0.717, 1.165) is 19.5 Å². The molecule has 1 aromatic rings. The van der Waals surface area contributed by atoms with Gasteiger partial charge in [-0.05, 0) is 26.8 Å².